The van der Waals surface area contributed by atoms with E-state index in [-0.39, 0.29) is 11.9 Å². The quantitative estimate of drug-likeness (QED) is 0.625. The summed E-state index contributed by atoms with van der Waals surface area (Å²) >= 11 is 0. The number of carbonyl (C=O) groups excluding carboxylic acids is 1. The normalized spacial score (nSPS) is 16.2. The van der Waals surface area contributed by atoms with Crippen LogP contribution in [0.2, 0.25) is 0 Å². The van der Waals surface area contributed by atoms with Crippen molar-refractivity contribution in [1.29, 1.82) is 0 Å². The van der Waals surface area contributed by atoms with Gasteiger partial charge in [-0.2, -0.15) is 0 Å². The van der Waals surface area contributed by atoms with E-state index >= 15 is 0 Å². The van der Waals surface area contributed by atoms with Gasteiger partial charge in [0.15, 0.2) is 0 Å². The summed E-state index contributed by atoms with van der Waals surface area (Å²) in [6.45, 7) is 6.79. The fourth-order valence-electron chi connectivity index (χ4n) is 0.418. The second-order valence-corrected chi connectivity index (χ2v) is 3.04. The van der Waals surface area contributed by atoms with Crippen molar-refractivity contribution in [2.24, 2.45) is 5.92 Å². The number of hydrogen-bond donors (Lipinski definition) is 1. The molecule has 3 nitrogen and oxygen atoms in total. The molecule has 0 aliphatic carbocycles. The molecule has 66 valence electrons. The highest BCUT2D eigenvalue weighted by Gasteiger charge is 2.16. The van der Waals surface area contributed by atoms with Crippen molar-refractivity contribution in [3.05, 3.63) is 0 Å². The van der Waals surface area contributed by atoms with Gasteiger partial charge in [-0.3, -0.25) is 4.79 Å². The summed E-state index contributed by atoms with van der Waals surface area (Å²) in [4.78, 5) is 10.9. The maximum absolute atomic E-state index is 10.9. The molecule has 0 aromatic rings. The van der Waals surface area contributed by atoms with Gasteiger partial charge in [0.2, 0.25) is 0 Å². The minimum absolute atomic E-state index is 0.129. The molecule has 0 radical (unpaired) electrons. The molecule has 3 heteroatoms. The summed E-state index contributed by atoms with van der Waals surface area (Å²) in [7, 11) is 0. The maximum Gasteiger partial charge on any atom is 0.308 e. The zero-order valence-corrected chi connectivity index (χ0v) is 7.50. The average Bonchev–Trinajstić information content (AvgIpc) is 1.87. The van der Waals surface area contributed by atoms with Gasteiger partial charge >= 0.3 is 5.97 Å². The smallest absolute Gasteiger partial charge is 0.308 e. The summed E-state index contributed by atoms with van der Waals surface area (Å²) in [6.07, 6.45) is -1.01. The van der Waals surface area contributed by atoms with Gasteiger partial charge < -0.3 is 9.84 Å². The van der Waals surface area contributed by atoms with Gasteiger partial charge in [-0.05, 0) is 13.8 Å². The molecule has 0 heterocycles. The Morgan fingerprint density at radius 1 is 1.27 bits per heavy atom. The zero-order chi connectivity index (χ0) is 9.02. The number of hydrogen-bond acceptors (Lipinski definition) is 3. The standard InChI is InChI=1S/C8H16O3/c1-5(2)8(10)11-7(4)6(3)9/h5-7,9H,1-4H3/t6-,7+/m0/s1. The van der Waals surface area contributed by atoms with E-state index in [2.05, 4.69) is 0 Å². The fourth-order valence-corrected chi connectivity index (χ4v) is 0.418. The molecule has 0 rings (SSSR count). The van der Waals surface area contributed by atoms with Crippen molar-refractivity contribution in [2.45, 2.75) is 39.9 Å². The lowest BCUT2D eigenvalue weighted by molar-refractivity contribution is -0.156. The molecule has 0 saturated heterocycles. The zero-order valence-electron chi connectivity index (χ0n) is 7.50. The Balaban J connectivity index is 3.76. The van der Waals surface area contributed by atoms with Gasteiger partial charge in [0.05, 0.1) is 12.0 Å². The number of rotatable bonds is 3. The molecule has 0 spiro atoms. The molecule has 0 aromatic heterocycles. The molecule has 11 heavy (non-hydrogen) atoms. The van der Waals surface area contributed by atoms with E-state index < -0.39 is 12.2 Å². The lowest BCUT2D eigenvalue weighted by Crippen LogP contribution is -2.27. The molecule has 0 aliphatic heterocycles. The van der Waals surface area contributed by atoms with Gasteiger partial charge in [-0.15, -0.1) is 0 Å². The maximum atomic E-state index is 10.9. The summed E-state index contributed by atoms with van der Waals surface area (Å²) < 4.78 is 4.88. The number of carbonyl (C=O) groups is 1. The highest BCUT2D eigenvalue weighted by Crippen LogP contribution is 2.03. The average molecular weight is 160 g/mol. The minimum atomic E-state index is -0.599. The van der Waals surface area contributed by atoms with E-state index in [1.807, 2.05) is 0 Å². The molecule has 0 aromatic carbocycles. The van der Waals surface area contributed by atoms with Crippen LogP contribution in [0.5, 0.6) is 0 Å². The Labute approximate surface area is 67.4 Å². The second-order valence-electron chi connectivity index (χ2n) is 3.04. The molecule has 0 saturated carbocycles. The summed E-state index contributed by atoms with van der Waals surface area (Å²) in [5.74, 6) is -0.394. The Bertz CT molecular complexity index is 129. The summed E-state index contributed by atoms with van der Waals surface area (Å²) in [5.41, 5.74) is 0. The van der Waals surface area contributed by atoms with Gasteiger partial charge in [0.1, 0.15) is 6.10 Å². The Kier molecular flexibility index (Phi) is 4.11. The van der Waals surface area contributed by atoms with Crippen LogP contribution in [-0.4, -0.2) is 23.3 Å². The van der Waals surface area contributed by atoms with Crippen LogP contribution in [0.4, 0.5) is 0 Å². The number of aliphatic hydroxyl groups is 1. The molecular formula is C8H16O3. The third-order valence-corrected chi connectivity index (χ3v) is 1.45. The van der Waals surface area contributed by atoms with E-state index in [0.29, 0.717) is 0 Å². The molecule has 0 unspecified atom stereocenters. The molecule has 0 aliphatic rings. The first-order valence-corrected chi connectivity index (χ1v) is 3.83. The van der Waals surface area contributed by atoms with Crippen LogP contribution < -0.4 is 0 Å². The van der Waals surface area contributed by atoms with Crippen molar-refractivity contribution >= 4 is 5.97 Å². The Morgan fingerprint density at radius 3 is 2.00 bits per heavy atom. The predicted octanol–water partition coefficient (Wildman–Crippen LogP) is 0.955. The van der Waals surface area contributed by atoms with Crippen LogP contribution >= 0.6 is 0 Å². The topological polar surface area (TPSA) is 46.5 Å². The first-order valence-electron chi connectivity index (χ1n) is 3.83. The van der Waals surface area contributed by atoms with Crippen LogP contribution in [0.25, 0.3) is 0 Å². The molecular weight excluding hydrogens is 144 g/mol. The molecule has 0 fully saturated rings. The molecule has 0 amide bonds. The summed E-state index contributed by atoms with van der Waals surface area (Å²) in [6, 6.07) is 0. The highest BCUT2D eigenvalue weighted by atomic mass is 16.6. The van der Waals surface area contributed by atoms with Gasteiger partial charge in [-0.1, -0.05) is 13.8 Å². The number of ether oxygens (including phenoxy) is 1. The fraction of sp³-hybridized carbons (Fsp3) is 0.875. The Hall–Kier alpha value is -0.570. The lowest BCUT2D eigenvalue weighted by Gasteiger charge is -2.16. The number of aliphatic hydroxyl groups excluding tert-OH is 1. The van der Waals surface area contributed by atoms with Crippen LogP contribution in [0.3, 0.4) is 0 Å². The lowest BCUT2D eigenvalue weighted by atomic mass is 10.2. The van der Waals surface area contributed by atoms with E-state index in [9.17, 15) is 4.79 Å². The van der Waals surface area contributed by atoms with Crippen molar-refractivity contribution in [3.8, 4) is 0 Å². The van der Waals surface area contributed by atoms with Gasteiger partial charge in [-0.25, -0.2) is 0 Å². The molecule has 0 bridgehead atoms. The third kappa shape index (κ3) is 3.98. The van der Waals surface area contributed by atoms with Crippen molar-refractivity contribution in [1.82, 2.24) is 0 Å². The molecule has 1 N–H and O–H groups in total. The van der Waals surface area contributed by atoms with Crippen LogP contribution in [-0.2, 0) is 9.53 Å². The van der Waals surface area contributed by atoms with Crippen LogP contribution in [0, 0.1) is 5.92 Å². The molecule has 2 atom stereocenters. The SMILES string of the molecule is CC(C)C(=O)O[C@H](C)[C@H](C)O. The van der Waals surface area contributed by atoms with E-state index in [4.69, 9.17) is 9.84 Å². The van der Waals surface area contributed by atoms with Crippen molar-refractivity contribution in [2.75, 3.05) is 0 Å². The van der Waals surface area contributed by atoms with Gasteiger partial charge in [0, 0.05) is 0 Å². The van der Waals surface area contributed by atoms with Crippen molar-refractivity contribution < 1.29 is 14.6 Å². The minimum Gasteiger partial charge on any atom is -0.460 e. The first kappa shape index (κ1) is 10.4. The van der Waals surface area contributed by atoms with Crippen LogP contribution in [0.15, 0.2) is 0 Å². The first-order chi connectivity index (χ1) is 4.95. The largest absolute Gasteiger partial charge is 0.460 e. The Morgan fingerprint density at radius 2 is 1.73 bits per heavy atom. The van der Waals surface area contributed by atoms with Crippen molar-refractivity contribution in [3.63, 3.8) is 0 Å². The van der Waals surface area contributed by atoms with Crippen LogP contribution in [0.1, 0.15) is 27.7 Å². The van der Waals surface area contributed by atoms with Gasteiger partial charge in [0.25, 0.3) is 0 Å². The van der Waals surface area contributed by atoms with E-state index in [1.165, 1.54) is 0 Å². The highest BCUT2D eigenvalue weighted by molar-refractivity contribution is 5.71. The van der Waals surface area contributed by atoms with E-state index in [0.717, 1.165) is 0 Å². The monoisotopic (exact) mass is 160 g/mol. The second kappa shape index (κ2) is 4.34. The summed E-state index contributed by atoms with van der Waals surface area (Å²) in [5, 5.41) is 8.97. The predicted molar refractivity (Wildman–Crippen MR) is 42.1 cm³/mol. The van der Waals surface area contributed by atoms with E-state index in [1.54, 1.807) is 27.7 Å². The third-order valence-electron chi connectivity index (χ3n) is 1.45. The number of esters is 1.